The van der Waals surface area contributed by atoms with Crippen molar-refractivity contribution >= 4 is 23.1 Å². The highest BCUT2D eigenvalue weighted by Crippen LogP contribution is 2.21. The maximum Gasteiger partial charge on any atom is 0.103 e. The first-order valence-corrected chi connectivity index (χ1v) is 7.08. The van der Waals surface area contributed by atoms with Crippen LogP contribution in [0.4, 0.5) is 0 Å². The van der Waals surface area contributed by atoms with Gasteiger partial charge in [-0.2, -0.15) is 11.8 Å². The van der Waals surface area contributed by atoms with Gasteiger partial charge < -0.3 is 10.5 Å². The number of hydrogen-bond acceptors (Lipinski definition) is 5. The van der Waals surface area contributed by atoms with Crippen LogP contribution in [0.3, 0.4) is 0 Å². The Labute approximate surface area is 99.4 Å². The van der Waals surface area contributed by atoms with Crippen molar-refractivity contribution in [3.8, 4) is 0 Å². The van der Waals surface area contributed by atoms with Crippen LogP contribution >= 0.6 is 23.1 Å². The van der Waals surface area contributed by atoms with E-state index in [-0.39, 0.29) is 6.04 Å². The van der Waals surface area contributed by atoms with Gasteiger partial charge in [-0.3, -0.25) is 0 Å². The van der Waals surface area contributed by atoms with Crippen LogP contribution in [0.25, 0.3) is 0 Å². The van der Waals surface area contributed by atoms with E-state index in [9.17, 15) is 0 Å². The van der Waals surface area contributed by atoms with Crippen molar-refractivity contribution < 1.29 is 4.74 Å². The molecule has 1 rings (SSSR count). The van der Waals surface area contributed by atoms with Crippen molar-refractivity contribution in [3.05, 3.63) is 16.1 Å². The summed E-state index contributed by atoms with van der Waals surface area (Å²) in [5.41, 5.74) is 6.98. The summed E-state index contributed by atoms with van der Waals surface area (Å²) in [6, 6.07) is 0.0153. The number of thiazole rings is 1. The van der Waals surface area contributed by atoms with Gasteiger partial charge in [0.05, 0.1) is 11.7 Å². The van der Waals surface area contributed by atoms with Gasteiger partial charge in [0.2, 0.25) is 0 Å². The zero-order valence-electron chi connectivity index (χ0n) is 9.23. The van der Waals surface area contributed by atoms with Crippen LogP contribution in [0.1, 0.15) is 30.1 Å². The first kappa shape index (κ1) is 13.0. The third-order valence-corrected chi connectivity index (χ3v) is 3.95. The zero-order chi connectivity index (χ0) is 11.1. The lowest BCUT2D eigenvalue weighted by atomic mass is 10.2. The maximum atomic E-state index is 5.98. The molecule has 1 aromatic rings. The maximum absolute atomic E-state index is 5.98. The van der Waals surface area contributed by atoms with Gasteiger partial charge in [-0.05, 0) is 12.2 Å². The van der Waals surface area contributed by atoms with Crippen LogP contribution in [0.15, 0.2) is 5.38 Å². The van der Waals surface area contributed by atoms with E-state index in [4.69, 9.17) is 10.5 Å². The average molecular weight is 246 g/mol. The van der Waals surface area contributed by atoms with E-state index in [2.05, 4.69) is 17.3 Å². The lowest BCUT2D eigenvalue weighted by Gasteiger charge is -2.06. The number of methoxy groups -OCH3 is 1. The molecule has 2 N–H and O–H groups in total. The minimum Gasteiger partial charge on any atom is -0.385 e. The lowest BCUT2D eigenvalue weighted by molar-refractivity contribution is 0.188. The molecular formula is C10H18N2OS2. The van der Waals surface area contributed by atoms with Crippen LogP contribution in [0, 0.1) is 0 Å². The van der Waals surface area contributed by atoms with Gasteiger partial charge in [0, 0.05) is 24.8 Å². The first-order valence-electron chi connectivity index (χ1n) is 5.04. The normalized spacial score (nSPS) is 13.0. The number of aromatic nitrogens is 1. The molecule has 0 amide bonds. The predicted molar refractivity (Wildman–Crippen MR) is 67.4 cm³/mol. The Balaban J connectivity index is 2.43. The Hall–Kier alpha value is -0.100. The van der Waals surface area contributed by atoms with Crippen molar-refractivity contribution in [1.29, 1.82) is 0 Å². The van der Waals surface area contributed by atoms with Crippen molar-refractivity contribution in [1.82, 2.24) is 4.98 Å². The van der Waals surface area contributed by atoms with Crippen LogP contribution in [-0.4, -0.2) is 24.5 Å². The van der Waals surface area contributed by atoms with Crippen molar-refractivity contribution in [3.63, 3.8) is 0 Å². The molecule has 3 nitrogen and oxygen atoms in total. The van der Waals surface area contributed by atoms with E-state index in [0.717, 1.165) is 23.6 Å². The Morgan fingerprint density at radius 1 is 1.67 bits per heavy atom. The van der Waals surface area contributed by atoms with Gasteiger partial charge in [0.15, 0.2) is 0 Å². The fourth-order valence-electron chi connectivity index (χ4n) is 1.14. The van der Waals surface area contributed by atoms with E-state index < -0.39 is 0 Å². The smallest absolute Gasteiger partial charge is 0.103 e. The highest BCUT2D eigenvalue weighted by molar-refractivity contribution is 7.98. The highest BCUT2D eigenvalue weighted by Gasteiger charge is 2.10. The fourth-order valence-corrected chi connectivity index (χ4v) is 2.75. The van der Waals surface area contributed by atoms with E-state index >= 15 is 0 Å². The third-order valence-electron chi connectivity index (χ3n) is 2.01. The van der Waals surface area contributed by atoms with Crippen LogP contribution in [-0.2, 0) is 10.5 Å². The molecule has 1 unspecified atom stereocenters. The third kappa shape index (κ3) is 4.51. The largest absolute Gasteiger partial charge is 0.385 e. The molecule has 86 valence electrons. The van der Waals surface area contributed by atoms with E-state index in [1.54, 1.807) is 18.4 Å². The van der Waals surface area contributed by atoms with Gasteiger partial charge in [-0.1, -0.05) is 6.92 Å². The number of nitrogens with two attached hydrogens (primary N) is 1. The molecule has 0 saturated carbocycles. The quantitative estimate of drug-likeness (QED) is 0.802. The molecule has 1 atom stereocenters. The SMILES string of the molecule is CCSCc1nc(C(N)CCOC)cs1. The Morgan fingerprint density at radius 2 is 2.47 bits per heavy atom. The summed E-state index contributed by atoms with van der Waals surface area (Å²) < 4.78 is 5.00. The summed E-state index contributed by atoms with van der Waals surface area (Å²) >= 11 is 3.59. The Bertz CT molecular complexity index is 278. The lowest BCUT2D eigenvalue weighted by Crippen LogP contribution is -2.13. The van der Waals surface area contributed by atoms with E-state index in [1.807, 2.05) is 11.8 Å². The Kier molecular flexibility index (Phi) is 6.24. The van der Waals surface area contributed by atoms with Crippen molar-refractivity contribution in [2.45, 2.75) is 25.1 Å². The second-order valence-corrected chi connectivity index (χ2v) is 5.41. The second-order valence-electron chi connectivity index (χ2n) is 3.19. The molecule has 0 spiro atoms. The molecule has 0 aliphatic rings. The molecule has 15 heavy (non-hydrogen) atoms. The molecule has 0 aliphatic heterocycles. The van der Waals surface area contributed by atoms with Gasteiger partial charge in [-0.15, -0.1) is 11.3 Å². The summed E-state index contributed by atoms with van der Waals surface area (Å²) in [5, 5.41) is 3.23. The van der Waals surface area contributed by atoms with E-state index in [1.165, 1.54) is 5.01 Å². The standard InChI is InChI=1S/C10H18N2OS2/c1-3-14-7-10-12-9(6-15-10)8(11)4-5-13-2/h6,8H,3-5,7,11H2,1-2H3. The van der Waals surface area contributed by atoms with Crippen molar-refractivity contribution in [2.24, 2.45) is 5.73 Å². The average Bonchev–Trinajstić information content (AvgIpc) is 2.71. The summed E-state index contributed by atoms with van der Waals surface area (Å²) in [6.07, 6.45) is 0.834. The number of thioether (sulfide) groups is 1. The number of ether oxygens (including phenoxy) is 1. The van der Waals surface area contributed by atoms with Gasteiger partial charge in [0.25, 0.3) is 0 Å². The van der Waals surface area contributed by atoms with Gasteiger partial charge in [0.1, 0.15) is 5.01 Å². The number of rotatable bonds is 7. The molecule has 0 saturated heterocycles. The Morgan fingerprint density at radius 3 is 3.13 bits per heavy atom. The van der Waals surface area contributed by atoms with E-state index in [0.29, 0.717) is 6.61 Å². The van der Waals surface area contributed by atoms with Gasteiger partial charge in [-0.25, -0.2) is 4.98 Å². The second kappa shape index (κ2) is 7.22. The summed E-state index contributed by atoms with van der Waals surface area (Å²) in [6.45, 7) is 2.85. The van der Waals surface area contributed by atoms with Crippen LogP contribution in [0.2, 0.25) is 0 Å². The monoisotopic (exact) mass is 246 g/mol. The molecule has 0 aliphatic carbocycles. The minimum absolute atomic E-state index is 0.0153. The summed E-state index contributed by atoms with van der Waals surface area (Å²) in [7, 11) is 1.69. The summed E-state index contributed by atoms with van der Waals surface area (Å²) in [4.78, 5) is 4.52. The molecule has 1 aromatic heterocycles. The molecule has 0 radical (unpaired) electrons. The number of hydrogen-bond donors (Lipinski definition) is 1. The zero-order valence-corrected chi connectivity index (χ0v) is 10.9. The molecular weight excluding hydrogens is 228 g/mol. The van der Waals surface area contributed by atoms with Crippen LogP contribution < -0.4 is 5.73 Å². The highest BCUT2D eigenvalue weighted by atomic mass is 32.2. The molecule has 0 fully saturated rings. The molecule has 0 bridgehead atoms. The molecule has 1 heterocycles. The van der Waals surface area contributed by atoms with Crippen LogP contribution in [0.5, 0.6) is 0 Å². The topological polar surface area (TPSA) is 48.1 Å². The van der Waals surface area contributed by atoms with Crippen molar-refractivity contribution in [2.75, 3.05) is 19.5 Å². The molecule has 0 aromatic carbocycles. The van der Waals surface area contributed by atoms with Gasteiger partial charge >= 0.3 is 0 Å². The predicted octanol–water partition coefficient (Wildman–Crippen LogP) is 2.43. The minimum atomic E-state index is 0.0153. The first-order chi connectivity index (χ1) is 7.27. The number of nitrogens with zero attached hydrogens (tertiary/aromatic N) is 1. The summed E-state index contributed by atoms with van der Waals surface area (Å²) in [5.74, 6) is 2.13. The fraction of sp³-hybridized carbons (Fsp3) is 0.700. The molecule has 5 heteroatoms.